The molecule has 2 nitrogen and oxygen atoms in total. The maximum atomic E-state index is 2.74. The summed E-state index contributed by atoms with van der Waals surface area (Å²) >= 11 is 1.98. The Morgan fingerprint density at radius 2 is 1.06 bits per heavy atom. The number of rotatable bonds is 2. The smallest absolute Gasteiger partial charge is 0.252 e. The van der Waals surface area contributed by atoms with E-state index in [4.69, 9.17) is 0 Å². The molecule has 6 aromatic carbocycles. The van der Waals surface area contributed by atoms with Crippen LogP contribution in [0.15, 0.2) is 91.0 Å². The molecule has 7 aromatic rings. The highest BCUT2D eigenvalue weighted by Crippen LogP contribution is 2.55. The summed E-state index contributed by atoms with van der Waals surface area (Å²) < 4.78 is 2.74. The second kappa shape index (κ2) is 13.2. The largest absolute Gasteiger partial charge is 0.311 e. The van der Waals surface area contributed by atoms with E-state index < -0.39 is 0 Å². The van der Waals surface area contributed by atoms with Crippen LogP contribution in [0.3, 0.4) is 0 Å². The minimum absolute atomic E-state index is 0.0596. The van der Waals surface area contributed by atoms with Crippen molar-refractivity contribution >= 4 is 88.7 Å². The van der Waals surface area contributed by atoms with Crippen LogP contribution < -0.4 is 26.2 Å². The molecule has 4 heteroatoms. The van der Waals surface area contributed by atoms with Crippen LogP contribution >= 0.6 is 11.3 Å². The van der Waals surface area contributed by atoms with Gasteiger partial charge in [0.15, 0.2) is 0 Å². The van der Waals surface area contributed by atoms with Crippen molar-refractivity contribution in [2.75, 3.05) is 9.80 Å². The zero-order valence-electron chi connectivity index (χ0n) is 40.4. The van der Waals surface area contributed by atoms with E-state index in [0.29, 0.717) is 0 Å². The van der Waals surface area contributed by atoms with Crippen LogP contribution in [0.2, 0.25) is 0 Å². The Hall–Kier alpha value is -4.80. The molecule has 0 radical (unpaired) electrons. The maximum Gasteiger partial charge on any atom is 0.252 e. The second-order valence-electron chi connectivity index (χ2n) is 23.7. The van der Waals surface area contributed by atoms with Crippen LogP contribution in [-0.2, 0) is 27.1 Å². The van der Waals surface area contributed by atoms with Crippen LogP contribution in [0.25, 0.3) is 20.2 Å². The molecule has 0 saturated heterocycles. The number of nitrogens with zero attached hydrogens (tertiary/aromatic N) is 2. The van der Waals surface area contributed by atoms with Crippen LogP contribution in [0.5, 0.6) is 0 Å². The highest BCUT2D eigenvalue weighted by Gasteiger charge is 2.48. The number of aryl methyl sites for hydroxylation is 3. The van der Waals surface area contributed by atoms with Crippen molar-refractivity contribution < 1.29 is 0 Å². The highest BCUT2D eigenvalue weighted by atomic mass is 32.1. The Balaban J connectivity index is 1.29. The summed E-state index contributed by atoms with van der Waals surface area (Å²) in [5.41, 5.74) is 24.0. The summed E-state index contributed by atoms with van der Waals surface area (Å²) in [6.07, 6.45) is 4.76. The van der Waals surface area contributed by atoms with Gasteiger partial charge in [-0.15, -0.1) is 11.3 Å². The zero-order valence-corrected chi connectivity index (χ0v) is 41.2. The van der Waals surface area contributed by atoms with Crippen molar-refractivity contribution in [3.63, 3.8) is 0 Å². The van der Waals surface area contributed by atoms with Gasteiger partial charge in [0.1, 0.15) is 0 Å². The van der Waals surface area contributed by atoms with Gasteiger partial charge < -0.3 is 9.80 Å². The molecule has 1 aromatic heterocycles. The van der Waals surface area contributed by atoms with Crippen molar-refractivity contribution in [1.29, 1.82) is 0 Å². The molecule has 0 atom stereocenters. The van der Waals surface area contributed by atoms with Crippen molar-refractivity contribution in [3.05, 3.63) is 136 Å². The quantitative estimate of drug-likeness (QED) is 0.160. The molecule has 0 bridgehead atoms. The first-order valence-electron chi connectivity index (χ1n) is 23.7. The molecular formula is C59H65BN2S. The molecule has 11 rings (SSSR count). The number of hydrogen-bond acceptors (Lipinski definition) is 3. The van der Waals surface area contributed by atoms with Crippen LogP contribution in [0.4, 0.5) is 34.1 Å². The van der Waals surface area contributed by atoms with Crippen molar-refractivity contribution in [2.45, 2.75) is 150 Å². The van der Waals surface area contributed by atoms with E-state index in [1.807, 2.05) is 11.3 Å². The van der Waals surface area contributed by atoms with Gasteiger partial charge >= 0.3 is 0 Å². The number of benzene rings is 6. The molecule has 3 heterocycles. The molecular weight excluding hydrogens is 780 g/mol. The first-order chi connectivity index (χ1) is 29.6. The van der Waals surface area contributed by atoms with E-state index in [-0.39, 0.29) is 33.8 Å². The SMILES string of the molecule is Cc1cc2c3c(c1)N(c1cc4c(cc1C)C(C)(C)CCC4(C)C)c1c(ccc4c1sc1ccccc14)B3c1cc3c(cc1N2c1ccc(C(C)(C)C)cc1C)C(C)(C)CCC3(C)C. The lowest BCUT2D eigenvalue weighted by Crippen LogP contribution is -2.62. The summed E-state index contributed by atoms with van der Waals surface area (Å²) in [7, 11) is 0. The Labute approximate surface area is 381 Å². The topological polar surface area (TPSA) is 6.48 Å². The van der Waals surface area contributed by atoms with E-state index in [9.17, 15) is 0 Å². The summed E-state index contributed by atoms with van der Waals surface area (Å²) in [4.78, 5) is 5.43. The summed E-state index contributed by atoms with van der Waals surface area (Å²) in [6, 6.07) is 36.9. The van der Waals surface area contributed by atoms with E-state index in [2.05, 4.69) is 198 Å². The Morgan fingerprint density at radius 3 is 1.68 bits per heavy atom. The highest BCUT2D eigenvalue weighted by molar-refractivity contribution is 7.26. The fraction of sp³-hybridized carbons (Fsp3) is 0.390. The summed E-state index contributed by atoms with van der Waals surface area (Å²) in [5.74, 6) is 0. The summed E-state index contributed by atoms with van der Waals surface area (Å²) in [6.45, 7) is 33.9. The lowest BCUT2D eigenvalue weighted by atomic mass is 9.33. The van der Waals surface area contributed by atoms with Gasteiger partial charge in [0, 0.05) is 43.9 Å². The van der Waals surface area contributed by atoms with Gasteiger partial charge in [0.05, 0.1) is 10.4 Å². The van der Waals surface area contributed by atoms with Gasteiger partial charge in [0.25, 0.3) is 6.71 Å². The molecule has 2 aliphatic carbocycles. The average molecular weight is 845 g/mol. The molecule has 63 heavy (non-hydrogen) atoms. The first-order valence-corrected chi connectivity index (χ1v) is 24.5. The van der Waals surface area contributed by atoms with Crippen LogP contribution in [0.1, 0.15) is 146 Å². The van der Waals surface area contributed by atoms with Gasteiger partial charge in [-0.3, -0.25) is 0 Å². The Morgan fingerprint density at radius 1 is 0.508 bits per heavy atom. The Bertz CT molecular complexity index is 3110. The third-order valence-corrected chi connectivity index (χ3v) is 17.6. The normalized spacial score (nSPS) is 18.8. The lowest BCUT2D eigenvalue weighted by Gasteiger charge is -2.48. The minimum atomic E-state index is 0.0596. The molecule has 0 amide bonds. The molecule has 4 aliphatic rings. The van der Waals surface area contributed by atoms with Gasteiger partial charge in [-0.2, -0.15) is 0 Å². The number of hydrogen-bond donors (Lipinski definition) is 0. The van der Waals surface area contributed by atoms with Crippen molar-refractivity contribution in [1.82, 2.24) is 0 Å². The predicted molar refractivity (Wildman–Crippen MR) is 277 cm³/mol. The molecule has 320 valence electrons. The summed E-state index contributed by atoms with van der Waals surface area (Å²) in [5, 5.41) is 2.71. The number of fused-ring (bicyclic) bond motifs is 10. The fourth-order valence-corrected chi connectivity index (χ4v) is 13.5. The molecule has 0 unspecified atom stereocenters. The number of thiophene rings is 1. The molecule has 2 aliphatic heterocycles. The van der Waals surface area contributed by atoms with Gasteiger partial charge in [-0.25, -0.2) is 0 Å². The van der Waals surface area contributed by atoms with E-state index in [1.54, 1.807) is 0 Å². The molecule has 0 fully saturated rings. The van der Waals surface area contributed by atoms with E-state index in [1.165, 1.54) is 141 Å². The van der Waals surface area contributed by atoms with Crippen LogP contribution in [0, 0.1) is 20.8 Å². The van der Waals surface area contributed by atoms with Gasteiger partial charge in [-0.05, 0) is 171 Å². The monoisotopic (exact) mass is 844 g/mol. The standard InChI is InChI=1S/C59H65BN2S/c1-34-27-49-52-50(28-34)62(47-32-42-40(30-36(47)3)56(7,8)23-25-58(42,11)12)53-44(21-20-39-38-17-15-16-18-51(38)63-54(39)53)60(52)45-31-41-43(59(13,14)26-24-57(41,9)10)33-48(45)61(49)46-22-19-37(29-35(46)2)55(4,5)6/h15-22,27-33H,23-26H2,1-14H3. The molecule has 0 spiro atoms. The lowest BCUT2D eigenvalue weighted by molar-refractivity contribution is 0.332. The maximum absolute atomic E-state index is 2.74. The second-order valence-corrected chi connectivity index (χ2v) is 24.8. The average Bonchev–Trinajstić information content (AvgIpc) is 3.60. The molecule has 0 saturated carbocycles. The fourth-order valence-electron chi connectivity index (χ4n) is 12.3. The first kappa shape index (κ1) is 40.9. The predicted octanol–water partition coefficient (Wildman–Crippen LogP) is 15.1. The van der Waals surface area contributed by atoms with Gasteiger partial charge in [0.2, 0.25) is 0 Å². The van der Waals surface area contributed by atoms with Gasteiger partial charge in [-0.1, -0.05) is 131 Å². The van der Waals surface area contributed by atoms with E-state index >= 15 is 0 Å². The zero-order chi connectivity index (χ0) is 44.5. The van der Waals surface area contributed by atoms with E-state index in [0.717, 1.165) is 0 Å². The minimum Gasteiger partial charge on any atom is -0.311 e. The van der Waals surface area contributed by atoms with Crippen LogP contribution in [-0.4, -0.2) is 6.71 Å². The Kier molecular flexibility index (Phi) is 8.55. The number of anilines is 6. The third kappa shape index (κ3) is 5.88. The van der Waals surface area contributed by atoms with Crippen molar-refractivity contribution in [2.24, 2.45) is 0 Å². The molecule has 0 N–H and O–H groups in total. The third-order valence-electron chi connectivity index (χ3n) is 16.4. The van der Waals surface area contributed by atoms with Crippen molar-refractivity contribution in [3.8, 4) is 0 Å².